The van der Waals surface area contributed by atoms with Gasteiger partial charge in [-0.25, -0.2) is 4.79 Å². The van der Waals surface area contributed by atoms with E-state index in [1.54, 1.807) is 6.07 Å². The number of furan rings is 1. The summed E-state index contributed by atoms with van der Waals surface area (Å²) < 4.78 is 4.70. The molecule has 0 radical (unpaired) electrons. The van der Waals surface area contributed by atoms with Crippen molar-refractivity contribution in [3.63, 3.8) is 0 Å². The van der Waals surface area contributed by atoms with Gasteiger partial charge in [0.2, 0.25) is 0 Å². The molecule has 0 aliphatic carbocycles. The summed E-state index contributed by atoms with van der Waals surface area (Å²) in [7, 11) is 0. The smallest absolute Gasteiger partial charge is 0.338 e. The van der Waals surface area contributed by atoms with Crippen LogP contribution in [-0.2, 0) is 4.79 Å². The minimum absolute atomic E-state index is 0.371. The minimum Gasteiger partial charge on any atom is -0.478 e. The van der Waals surface area contributed by atoms with E-state index in [9.17, 15) is 4.79 Å². The summed E-state index contributed by atoms with van der Waals surface area (Å²) in [4.78, 5) is 12.8. The second kappa shape index (κ2) is 3.99. The van der Waals surface area contributed by atoms with Gasteiger partial charge >= 0.3 is 5.97 Å². The van der Waals surface area contributed by atoms with Crippen LogP contribution in [0, 0.1) is 0 Å². The molecule has 0 aliphatic heterocycles. The lowest BCUT2D eigenvalue weighted by Gasteiger charge is -1.89. The molecule has 1 aromatic heterocycles. The number of carboxylic acids is 1. The van der Waals surface area contributed by atoms with E-state index in [2.05, 4.69) is 10.0 Å². The lowest BCUT2D eigenvalue weighted by atomic mass is 10.3. The second-order valence-electron chi connectivity index (χ2n) is 2.08. The molecule has 0 bridgehead atoms. The van der Waals surface area contributed by atoms with Gasteiger partial charge in [-0.15, -0.1) is 0 Å². The van der Waals surface area contributed by atoms with Crippen molar-refractivity contribution in [2.45, 2.75) is 0 Å². The van der Waals surface area contributed by atoms with Crippen LogP contribution >= 0.6 is 0 Å². The predicted molar refractivity (Wildman–Crippen MR) is 43.5 cm³/mol. The first kappa shape index (κ1) is 8.89. The normalized spacial score (nSPS) is 10.6. The molecule has 0 aliphatic rings. The molecule has 0 aromatic carbocycles. The Hall–Kier alpha value is -2.20. The summed E-state index contributed by atoms with van der Waals surface area (Å²) in [5.74, 6) is -1.28. The lowest BCUT2D eigenvalue weighted by Crippen LogP contribution is -1.96. The number of carbonyl (C=O) groups is 1. The number of hydrogen-bond acceptors (Lipinski definition) is 3. The molecule has 0 fully saturated rings. The topological polar surface area (TPSA) is 99.2 Å². The van der Waals surface area contributed by atoms with Crippen molar-refractivity contribution in [1.29, 1.82) is 0 Å². The number of hydrogen-bond donors (Lipinski definition) is 1. The van der Waals surface area contributed by atoms with Gasteiger partial charge in [0, 0.05) is 10.5 Å². The van der Waals surface area contributed by atoms with Gasteiger partial charge in [0.1, 0.15) is 5.70 Å². The van der Waals surface area contributed by atoms with Crippen molar-refractivity contribution in [2.75, 3.05) is 0 Å². The van der Waals surface area contributed by atoms with Crippen molar-refractivity contribution in [1.82, 2.24) is 0 Å². The second-order valence-corrected chi connectivity index (χ2v) is 2.08. The molecule has 1 aromatic rings. The van der Waals surface area contributed by atoms with E-state index in [4.69, 9.17) is 15.1 Å². The number of carboxylic acid groups (broad SMARTS) is 1. The molecule has 6 heteroatoms. The Morgan fingerprint density at radius 1 is 1.77 bits per heavy atom. The van der Waals surface area contributed by atoms with Gasteiger partial charge in [-0.3, -0.25) is 0 Å². The fraction of sp³-hybridized carbons (Fsp3) is 0. The molecule has 0 saturated heterocycles. The highest BCUT2D eigenvalue weighted by Gasteiger charge is 2.04. The Morgan fingerprint density at radius 2 is 2.54 bits per heavy atom. The van der Waals surface area contributed by atoms with E-state index >= 15 is 0 Å². The Morgan fingerprint density at radius 3 is 3.00 bits per heavy atom. The van der Waals surface area contributed by atoms with Crippen molar-refractivity contribution in [3.05, 3.63) is 40.3 Å². The molecule has 0 atom stereocenters. The zero-order chi connectivity index (χ0) is 9.68. The highest BCUT2D eigenvalue weighted by Crippen LogP contribution is 2.08. The van der Waals surface area contributed by atoms with Crippen LogP contribution in [0.25, 0.3) is 16.5 Å². The molecule has 1 rings (SSSR count). The molecule has 0 amide bonds. The molecule has 0 spiro atoms. The Balaban J connectivity index is 3.00. The third-order valence-electron chi connectivity index (χ3n) is 1.22. The first-order chi connectivity index (χ1) is 6.24. The SMILES string of the molecule is [N-]=[N+]=N/C(=C/c1ccoc1)C(=O)O. The summed E-state index contributed by atoms with van der Waals surface area (Å²) in [5, 5.41) is 11.5. The maximum Gasteiger partial charge on any atom is 0.338 e. The van der Waals surface area contributed by atoms with E-state index in [0.717, 1.165) is 0 Å². The fourth-order valence-corrected chi connectivity index (χ4v) is 0.697. The van der Waals surface area contributed by atoms with E-state index in [-0.39, 0.29) is 5.70 Å². The van der Waals surface area contributed by atoms with Crippen LogP contribution in [0.2, 0.25) is 0 Å². The third-order valence-corrected chi connectivity index (χ3v) is 1.22. The van der Waals surface area contributed by atoms with Gasteiger partial charge in [-0.1, -0.05) is 5.11 Å². The summed E-state index contributed by atoms with van der Waals surface area (Å²) in [6.45, 7) is 0. The summed E-state index contributed by atoms with van der Waals surface area (Å²) >= 11 is 0. The van der Waals surface area contributed by atoms with Crippen molar-refractivity contribution >= 4 is 12.0 Å². The van der Waals surface area contributed by atoms with Crippen LogP contribution in [0.1, 0.15) is 5.56 Å². The van der Waals surface area contributed by atoms with Crippen LogP contribution in [-0.4, -0.2) is 11.1 Å². The largest absolute Gasteiger partial charge is 0.478 e. The summed E-state index contributed by atoms with van der Waals surface area (Å²) in [6.07, 6.45) is 3.95. The van der Waals surface area contributed by atoms with Crippen LogP contribution in [0.4, 0.5) is 0 Å². The van der Waals surface area contributed by atoms with E-state index in [1.165, 1.54) is 18.6 Å². The maximum atomic E-state index is 10.5. The molecule has 1 N–H and O–H groups in total. The van der Waals surface area contributed by atoms with Crippen LogP contribution in [0.5, 0.6) is 0 Å². The van der Waals surface area contributed by atoms with Gasteiger partial charge < -0.3 is 9.52 Å². The molecule has 6 nitrogen and oxygen atoms in total. The maximum absolute atomic E-state index is 10.5. The zero-order valence-corrected chi connectivity index (χ0v) is 6.41. The number of nitrogens with zero attached hydrogens (tertiary/aromatic N) is 3. The summed E-state index contributed by atoms with van der Waals surface area (Å²) in [6, 6.07) is 1.55. The quantitative estimate of drug-likeness (QED) is 0.332. The highest BCUT2D eigenvalue weighted by atomic mass is 16.4. The standard InChI is InChI=1S/C7H5N3O3/c8-10-9-6(7(11)12)3-5-1-2-13-4-5/h1-4H,(H,11,12)/b6-3+. The molecule has 1 heterocycles. The van der Waals surface area contributed by atoms with Crippen LogP contribution in [0.15, 0.2) is 33.8 Å². The average Bonchev–Trinajstić information content (AvgIpc) is 2.56. The van der Waals surface area contributed by atoms with Gasteiger partial charge in [0.25, 0.3) is 0 Å². The van der Waals surface area contributed by atoms with Gasteiger partial charge in [-0.05, 0) is 17.7 Å². The van der Waals surface area contributed by atoms with E-state index in [1.807, 2.05) is 0 Å². The van der Waals surface area contributed by atoms with Crippen molar-refractivity contribution in [3.8, 4) is 0 Å². The number of rotatable bonds is 3. The lowest BCUT2D eigenvalue weighted by molar-refractivity contribution is -0.132. The first-order valence-electron chi connectivity index (χ1n) is 3.26. The first-order valence-corrected chi connectivity index (χ1v) is 3.26. The van der Waals surface area contributed by atoms with Crippen LogP contribution < -0.4 is 0 Å². The number of azide groups is 1. The minimum atomic E-state index is -1.28. The van der Waals surface area contributed by atoms with Gasteiger partial charge in [0.15, 0.2) is 0 Å². The Kier molecular flexibility index (Phi) is 2.73. The molecular formula is C7H5N3O3. The van der Waals surface area contributed by atoms with Crippen LogP contribution in [0.3, 0.4) is 0 Å². The monoisotopic (exact) mass is 179 g/mol. The third kappa shape index (κ3) is 2.39. The summed E-state index contributed by atoms with van der Waals surface area (Å²) in [5.41, 5.74) is 8.21. The fourth-order valence-electron chi connectivity index (χ4n) is 0.697. The molecular weight excluding hydrogens is 174 g/mol. The Bertz CT molecular complexity index is 370. The van der Waals surface area contributed by atoms with E-state index < -0.39 is 5.97 Å². The van der Waals surface area contributed by atoms with Gasteiger partial charge in [-0.2, -0.15) is 0 Å². The van der Waals surface area contributed by atoms with Crippen molar-refractivity contribution < 1.29 is 14.3 Å². The molecule has 66 valence electrons. The van der Waals surface area contributed by atoms with E-state index in [0.29, 0.717) is 5.56 Å². The number of aliphatic carboxylic acids is 1. The van der Waals surface area contributed by atoms with Crippen molar-refractivity contribution in [2.24, 2.45) is 5.11 Å². The average molecular weight is 179 g/mol. The molecule has 13 heavy (non-hydrogen) atoms. The van der Waals surface area contributed by atoms with Gasteiger partial charge in [0.05, 0.1) is 12.5 Å². The zero-order valence-electron chi connectivity index (χ0n) is 6.41. The molecule has 0 saturated carbocycles. The highest BCUT2D eigenvalue weighted by molar-refractivity contribution is 5.91. The predicted octanol–water partition coefficient (Wildman–Crippen LogP) is 2.02. The molecule has 0 unspecified atom stereocenters. The Labute approximate surface area is 72.7 Å².